The molecule has 1 aliphatic heterocycles. The highest BCUT2D eigenvalue weighted by molar-refractivity contribution is 5.92. The summed E-state index contributed by atoms with van der Waals surface area (Å²) in [5, 5.41) is 3.88. The molecule has 1 saturated heterocycles. The van der Waals surface area contributed by atoms with Crippen molar-refractivity contribution in [3.63, 3.8) is 0 Å². The summed E-state index contributed by atoms with van der Waals surface area (Å²) in [4.78, 5) is 15.0. The molecule has 5 aliphatic rings. The van der Waals surface area contributed by atoms with Crippen molar-refractivity contribution in [2.24, 2.45) is 45.5 Å². The quantitative estimate of drug-likeness (QED) is 0.301. The number of azide groups is 1. The first-order valence-electron chi connectivity index (χ1n) is 10.8. The zero-order chi connectivity index (χ0) is 19.0. The van der Waals surface area contributed by atoms with Crippen LogP contribution in [0.25, 0.3) is 10.4 Å². The Labute approximate surface area is 161 Å². The van der Waals surface area contributed by atoms with Crippen molar-refractivity contribution in [3.8, 4) is 0 Å². The summed E-state index contributed by atoms with van der Waals surface area (Å²) in [5.74, 6) is 3.39. The van der Waals surface area contributed by atoms with Crippen LogP contribution in [0.5, 0.6) is 0 Å². The molecule has 0 radical (unpaired) electrons. The highest BCUT2D eigenvalue weighted by Crippen LogP contribution is 2.70. The maximum atomic E-state index is 12.1. The molecule has 5 nitrogen and oxygen atoms in total. The number of rotatable bonds is 3. The van der Waals surface area contributed by atoms with Gasteiger partial charge in [-0.3, -0.25) is 4.79 Å². The van der Waals surface area contributed by atoms with E-state index in [0.29, 0.717) is 59.9 Å². The summed E-state index contributed by atoms with van der Waals surface area (Å²) in [5.41, 5.74) is 10.5. The molecule has 4 unspecified atom stereocenters. The van der Waals surface area contributed by atoms with Gasteiger partial charge in [-0.25, -0.2) is 0 Å². The second-order valence-corrected chi connectivity index (χ2v) is 10.4. The topological polar surface area (TPSA) is 78.4 Å². The van der Waals surface area contributed by atoms with E-state index in [1.807, 2.05) is 6.08 Å². The van der Waals surface area contributed by atoms with E-state index in [1.165, 1.54) is 31.3 Å². The zero-order valence-electron chi connectivity index (χ0n) is 16.7. The average molecular weight is 370 g/mol. The molecule has 0 aromatic rings. The maximum Gasteiger partial charge on any atom is 0.155 e. The fraction of sp³-hybridized carbons (Fsp3) is 0.864. The molecule has 4 fully saturated rings. The van der Waals surface area contributed by atoms with Gasteiger partial charge in [0.05, 0.1) is 6.10 Å². The Morgan fingerprint density at radius 3 is 2.89 bits per heavy atom. The van der Waals surface area contributed by atoms with Crippen molar-refractivity contribution in [2.75, 3.05) is 6.54 Å². The fourth-order valence-corrected chi connectivity index (χ4v) is 8.08. The number of nitrogens with zero attached hydrogens (tertiary/aromatic N) is 3. The van der Waals surface area contributed by atoms with Gasteiger partial charge >= 0.3 is 0 Å². The van der Waals surface area contributed by atoms with Crippen molar-refractivity contribution in [2.45, 2.75) is 71.5 Å². The second kappa shape index (κ2) is 5.84. The normalized spacial score (nSPS) is 51.1. The van der Waals surface area contributed by atoms with Gasteiger partial charge < -0.3 is 4.74 Å². The van der Waals surface area contributed by atoms with E-state index < -0.39 is 0 Å². The van der Waals surface area contributed by atoms with Crippen LogP contribution in [0.1, 0.15) is 59.3 Å². The van der Waals surface area contributed by atoms with Crippen molar-refractivity contribution in [1.29, 1.82) is 0 Å². The number of carbonyl (C=O) groups excluding carboxylic acids is 1. The van der Waals surface area contributed by atoms with E-state index in [2.05, 4.69) is 30.8 Å². The lowest BCUT2D eigenvalue weighted by atomic mass is 9.46. The van der Waals surface area contributed by atoms with E-state index >= 15 is 0 Å². The first-order valence-corrected chi connectivity index (χ1v) is 10.8. The number of hydrogen-bond donors (Lipinski definition) is 0. The van der Waals surface area contributed by atoms with E-state index in [0.717, 1.165) is 6.42 Å². The lowest BCUT2D eigenvalue weighted by Gasteiger charge is -2.57. The summed E-state index contributed by atoms with van der Waals surface area (Å²) < 4.78 is 6.26. The Bertz CT molecular complexity index is 757. The lowest BCUT2D eigenvalue weighted by Crippen LogP contribution is -2.53. The third-order valence-electron chi connectivity index (χ3n) is 9.42. The Kier molecular flexibility index (Phi) is 3.84. The van der Waals surface area contributed by atoms with Crippen LogP contribution < -0.4 is 0 Å². The molecule has 0 spiro atoms. The fourth-order valence-electron chi connectivity index (χ4n) is 8.08. The minimum Gasteiger partial charge on any atom is -0.365 e. The molecule has 146 valence electrons. The van der Waals surface area contributed by atoms with Gasteiger partial charge in [-0.05, 0) is 89.7 Å². The van der Waals surface area contributed by atoms with Crippen LogP contribution >= 0.6 is 0 Å². The van der Waals surface area contributed by atoms with Gasteiger partial charge in [-0.15, -0.1) is 0 Å². The number of hydrogen-bond acceptors (Lipinski definition) is 3. The first kappa shape index (κ1) is 17.8. The SMILES string of the molecule is C[C@H](CN=[N+]=[N-])C1CCC2C3C(CC[C@@]21C)[C@@]1(C)CCC(=O)C=C1[C@H]1O[C@@H]31. The summed E-state index contributed by atoms with van der Waals surface area (Å²) >= 11 is 0. The van der Waals surface area contributed by atoms with Gasteiger partial charge in [0, 0.05) is 17.9 Å². The summed E-state index contributed by atoms with van der Waals surface area (Å²) in [7, 11) is 0. The van der Waals surface area contributed by atoms with Gasteiger partial charge in [0.25, 0.3) is 0 Å². The van der Waals surface area contributed by atoms with Crippen LogP contribution in [0.3, 0.4) is 0 Å². The maximum absolute atomic E-state index is 12.1. The van der Waals surface area contributed by atoms with Crippen molar-refractivity contribution in [3.05, 3.63) is 22.1 Å². The Morgan fingerprint density at radius 2 is 2.11 bits per heavy atom. The molecule has 0 aromatic heterocycles. The molecular formula is C22H31N3O2. The number of ketones is 1. The second-order valence-electron chi connectivity index (χ2n) is 10.4. The summed E-state index contributed by atoms with van der Waals surface area (Å²) in [6.45, 7) is 7.81. The highest BCUT2D eigenvalue weighted by Gasteiger charge is 2.69. The van der Waals surface area contributed by atoms with Gasteiger partial charge in [0.1, 0.15) is 6.10 Å². The van der Waals surface area contributed by atoms with Crippen LogP contribution in [-0.2, 0) is 9.53 Å². The van der Waals surface area contributed by atoms with Crippen LogP contribution in [0.2, 0.25) is 0 Å². The number of carbonyl (C=O) groups is 1. The molecule has 5 rings (SSSR count). The number of ether oxygens (including phenoxy) is 1. The zero-order valence-corrected chi connectivity index (χ0v) is 16.7. The first-order chi connectivity index (χ1) is 12.9. The third kappa shape index (κ3) is 2.34. The monoisotopic (exact) mass is 369 g/mol. The van der Waals surface area contributed by atoms with Crippen molar-refractivity contribution < 1.29 is 9.53 Å². The molecule has 0 amide bonds. The van der Waals surface area contributed by atoms with Gasteiger partial charge in [-0.2, -0.15) is 0 Å². The standard InChI is InChI=1S/C22H31N3O2/c1-12(11-24-25-23)14-4-5-15-18-16(7-9-21(14,15)2)22(3)8-6-13(26)10-17(22)19-20(18)27-19/h10,12,14-16,18-20H,4-9,11H2,1-3H3/t12-,14?,15?,16?,18?,19-,20+,21-,22-/m1/s1. The van der Waals surface area contributed by atoms with Crippen molar-refractivity contribution in [1.82, 2.24) is 0 Å². The third-order valence-corrected chi connectivity index (χ3v) is 9.42. The van der Waals surface area contributed by atoms with E-state index in [1.54, 1.807) is 0 Å². The van der Waals surface area contributed by atoms with Crippen molar-refractivity contribution >= 4 is 5.78 Å². The molecule has 1 heterocycles. The van der Waals surface area contributed by atoms with Crippen LogP contribution in [0.4, 0.5) is 0 Å². The molecule has 0 N–H and O–H groups in total. The minimum absolute atomic E-state index is 0.159. The Morgan fingerprint density at radius 1 is 1.30 bits per heavy atom. The van der Waals surface area contributed by atoms with Crippen LogP contribution in [-0.4, -0.2) is 24.5 Å². The highest BCUT2D eigenvalue weighted by atomic mass is 16.6. The minimum atomic E-state index is 0.159. The number of epoxide rings is 1. The number of fused-ring (bicyclic) bond motifs is 8. The Hall–Kier alpha value is -1.32. The van der Waals surface area contributed by atoms with Gasteiger partial charge in [-0.1, -0.05) is 25.9 Å². The smallest absolute Gasteiger partial charge is 0.155 e. The molecule has 0 aromatic carbocycles. The van der Waals surface area contributed by atoms with E-state index in [-0.39, 0.29) is 11.5 Å². The van der Waals surface area contributed by atoms with Gasteiger partial charge in [0.2, 0.25) is 0 Å². The molecule has 9 atom stereocenters. The molecule has 27 heavy (non-hydrogen) atoms. The average Bonchev–Trinajstić information content (AvgIpc) is 3.35. The summed E-state index contributed by atoms with van der Waals surface area (Å²) in [6.07, 6.45) is 9.25. The van der Waals surface area contributed by atoms with E-state index in [4.69, 9.17) is 10.3 Å². The largest absolute Gasteiger partial charge is 0.365 e. The molecule has 5 heteroatoms. The van der Waals surface area contributed by atoms with Gasteiger partial charge in [0.15, 0.2) is 5.78 Å². The lowest BCUT2D eigenvalue weighted by molar-refractivity contribution is -0.117. The predicted octanol–water partition coefficient (Wildman–Crippen LogP) is 5.07. The van der Waals surface area contributed by atoms with E-state index in [9.17, 15) is 4.79 Å². The molecular weight excluding hydrogens is 338 g/mol. The molecule has 0 bridgehead atoms. The molecule has 3 saturated carbocycles. The molecule has 4 aliphatic carbocycles. The summed E-state index contributed by atoms with van der Waals surface area (Å²) in [6, 6.07) is 0. The van der Waals surface area contributed by atoms with Crippen LogP contribution in [0, 0.1) is 40.4 Å². The Balaban J connectivity index is 1.46. The van der Waals surface area contributed by atoms with Crippen LogP contribution in [0.15, 0.2) is 16.8 Å². The predicted molar refractivity (Wildman–Crippen MR) is 103 cm³/mol.